The zero-order chi connectivity index (χ0) is 15.7. The lowest BCUT2D eigenvalue weighted by molar-refractivity contribution is 0.251. The van der Waals surface area contributed by atoms with Gasteiger partial charge in [0.1, 0.15) is 10.8 Å². The minimum atomic E-state index is -2.70. The molecule has 21 heavy (non-hydrogen) atoms. The summed E-state index contributed by atoms with van der Waals surface area (Å²) in [4.78, 5) is 3.88. The van der Waals surface area contributed by atoms with Crippen LogP contribution in [0.4, 0.5) is 13.2 Å². The van der Waals surface area contributed by atoms with Crippen molar-refractivity contribution in [1.82, 2.24) is 9.55 Å². The molecule has 2 aromatic rings. The van der Waals surface area contributed by atoms with Gasteiger partial charge in [-0.3, -0.25) is 4.57 Å². The number of benzene rings is 1. The Hall–Kier alpha value is -0.210. The first kappa shape index (κ1) is 17.1. The molecule has 0 radical (unpaired) electrons. The van der Waals surface area contributed by atoms with Crippen molar-refractivity contribution in [3.05, 3.63) is 33.1 Å². The number of hydrogen-bond acceptors (Lipinski definition) is 3. The molecule has 2 nitrogen and oxygen atoms in total. The van der Waals surface area contributed by atoms with Crippen molar-refractivity contribution in [3.63, 3.8) is 0 Å². The summed E-state index contributed by atoms with van der Waals surface area (Å²) in [5, 5.41) is 0.299. The molecule has 1 aromatic carbocycles. The second-order valence-corrected chi connectivity index (χ2v) is 6.55. The second kappa shape index (κ2) is 6.91. The van der Waals surface area contributed by atoms with E-state index in [0.29, 0.717) is 5.03 Å². The summed E-state index contributed by atoms with van der Waals surface area (Å²) in [6.07, 6.45) is 1.70. The monoisotopic (exact) mass is 392 g/mol. The highest BCUT2D eigenvalue weighted by Gasteiger charge is 2.24. The van der Waals surface area contributed by atoms with Crippen molar-refractivity contribution in [3.8, 4) is 5.69 Å². The van der Waals surface area contributed by atoms with Crippen LogP contribution in [0.1, 0.15) is 0 Å². The van der Waals surface area contributed by atoms with Crippen LogP contribution >= 0.6 is 58.3 Å². The maximum Gasteiger partial charge on any atom is 0.291 e. The Kier molecular flexibility index (Phi) is 5.65. The number of rotatable bonds is 4. The average molecular weight is 394 g/mol. The summed E-state index contributed by atoms with van der Waals surface area (Å²) in [6.45, 7) is 0. The molecule has 0 amide bonds. The molecule has 0 aliphatic heterocycles. The molecule has 0 saturated heterocycles. The van der Waals surface area contributed by atoms with Crippen molar-refractivity contribution in [2.75, 3.05) is 6.26 Å². The Morgan fingerprint density at radius 1 is 1.19 bits per heavy atom. The van der Waals surface area contributed by atoms with Crippen molar-refractivity contribution < 1.29 is 13.2 Å². The van der Waals surface area contributed by atoms with E-state index in [1.165, 1.54) is 16.3 Å². The second-order valence-electron chi connectivity index (χ2n) is 3.63. The van der Waals surface area contributed by atoms with Crippen LogP contribution in [-0.4, -0.2) is 21.6 Å². The fourth-order valence-electron chi connectivity index (χ4n) is 1.64. The molecule has 0 aliphatic rings. The van der Waals surface area contributed by atoms with Crippen LogP contribution in [0.15, 0.2) is 22.3 Å². The van der Waals surface area contributed by atoms with Crippen molar-refractivity contribution in [2.24, 2.45) is 0 Å². The Labute approximate surface area is 142 Å². The van der Waals surface area contributed by atoms with Crippen LogP contribution in [0.2, 0.25) is 15.2 Å². The van der Waals surface area contributed by atoms with E-state index in [1.807, 2.05) is 0 Å². The largest absolute Gasteiger partial charge is 0.291 e. The Bertz CT molecular complexity index is 656. The summed E-state index contributed by atoms with van der Waals surface area (Å²) in [6, 6.07) is 2.08. The Morgan fingerprint density at radius 2 is 1.76 bits per heavy atom. The van der Waals surface area contributed by atoms with E-state index in [-0.39, 0.29) is 37.8 Å². The minimum absolute atomic E-state index is 0.0273. The number of nitrogens with zero attached hydrogens (tertiary/aromatic N) is 2. The molecule has 0 bridgehead atoms. The predicted octanol–water partition coefficient (Wildman–Crippen LogP) is 6.01. The summed E-state index contributed by atoms with van der Waals surface area (Å²) in [7, 11) is 0. The van der Waals surface area contributed by atoms with Crippen LogP contribution in [-0.2, 0) is 0 Å². The summed E-state index contributed by atoms with van der Waals surface area (Å²) >= 11 is 19.3. The van der Waals surface area contributed by atoms with Gasteiger partial charge in [0.2, 0.25) is 0 Å². The molecule has 0 saturated carbocycles. The van der Waals surface area contributed by atoms with E-state index < -0.39 is 11.6 Å². The molecular weight excluding hydrogens is 388 g/mol. The van der Waals surface area contributed by atoms with Gasteiger partial charge in [0.05, 0.1) is 15.7 Å². The van der Waals surface area contributed by atoms with Crippen LogP contribution < -0.4 is 0 Å². The van der Waals surface area contributed by atoms with E-state index in [4.69, 9.17) is 34.8 Å². The van der Waals surface area contributed by atoms with E-state index in [1.54, 1.807) is 6.26 Å². The third kappa shape index (κ3) is 3.59. The smallest absolute Gasteiger partial charge is 0.278 e. The van der Waals surface area contributed by atoms with Crippen molar-refractivity contribution in [1.29, 1.82) is 0 Å². The SMILES string of the molecule is CSc1c(Cl)nc(SC(F)F)n1-c1c(Cl)cc(F)cc1Cl. The first-order chi connectivity index (χ1) is 9.85. The molecule has 1 aromatic heterocycles. The van der Waals surface area contributed by atoms with Crippen LogP contribution in [0.5, 0.6) is 0 Å². The van der Waals surface area contributed by atoms with Gasteiger partial charge in [0.25, 0.3) is 5.76 Å². The van der Waals surface area contributed by atoms with Gasteiger partial charge in [-0.05, 0) is 30.2 Å². The summed E-state index contributed by atoms with van der Waals surface area (Å²) in [5.74, 6) is -3.33. The summed E-state index contributed by atoms with van der Waals surface area (Å²) < 4.78 is 39.9. The van der Waals surface area contributed by atoms with Gasteiger partial charge < -0.3 is 0 Å². The number of hydrogen-bond donors (Lipinski definition) is 0. The van der Waals surface area contributed by atoms with Gasteiger partial charge in [-0.15, -0.1) is 11.8 Å². The first-order valence-electron chi connectivity index (χ1n) is 5.27. The fourth-order valence-corrected chi connectivity index (χ4v) is 3.94. The third-order valence-electron chi connectivity index (χ3n) is 2.36. The molecule has 0 N–H and O–H groups in total. The molecule has 0 unspecified atom stereocenters. The number of aromatic nitrogens is 2. The number of halogens is 6. The molecule has 2 rings (SSSR count). The highest BCUT2D eigenvalue weighted by molar-refractivity contribution is 7.99. The molecule has 0 aliphatic carbocycles. The van der Waals surface area contributed by atoms with Crippen LogP contribution in [0.25, 0.3) is 5.69 Å². The zero-order valence-corrected chi connectivity index (χ0v) is 14.1. The molecular formula is C11H6Cl3F3N2S2. The minimum Gasteiger partial charge on any atom is -0.278 e. The molecule has 114 valence electrons. The van der Waals surface area contributed by atoms with Crippen molar-refractivity contribution >= 4 is 58.3 Å². The van der Waals surface area contributed by atoms with Crippen LogP contribution in [0, 0.1) is 5.82 Å². The molecule has 0 atom stereocenters. The quantitative estimate of drug-likeness (QED) is 0.593. The molecule has 0 spiro atoms. The Morgan fingerprint density at radius 3 is 2.24 bits per heavy atom. The lowest BCUT2D eigenvalue weighted by Crippen LogP contribution is -2.02. The third-order valence-corrected chi connectivity index (χ3v) is 4.74. The normalized spacial score (nSPS) is 11.4. The highest BCUT2D eigenvalue weighted by Crippen LogP contribution is 2.40. The van der Waals surface area contributed by atoms with Crippen molar-refractivity contribution in [2.45, 2.75) is 15.9 Å². The Balaban J connectivity index is 2.72. The maximum absolute atomic E-state index is 13.3. The molecule has 10 heteroatoms. The maximum atomic E-state index is 13.3. The number of imidazole rings is 1. The molecule has 0 fully saturated rings. The standard InChI is InChI=1S/C11H6Cl3F3N2S2/c1-20-9-8(14)18-11(21-10(16)17)19(9)7-5(12)2-4(15)3-6(7)13/h2-3,10H,1H3. The summed E-state index contributed by atoms with van der Waals surface area (Å²) in [5.41, 5.74) is 0.159. The lowest BCUT2D eigenvalue weighted by Gasteiger charge is -2.13. The zero-order valence-electron chi connectivity index (χ0n) is 10.2. The van der Waals surface area contributed by atoms with Gasteiger partial charge >= 0.3 is 0 Å². The lowest BCUT2D eigenvalue weighted by atomic mass is 10.3. The topological polar surface area (TPSA) is 17.8 Å². The van der Waals surface area contributed by atoms with E-state index in [9.17, 15) is 13.2 Å². The average Bonchev–Trinajstić information content (AvgIpc) is 2.63. The highest BCUT2D eigenvalue weighted by atomic mass is 35.5. The van der Waals surface area contributed by atoms with Gasteiger partial charge in [-0.2, -0.15) is 8.78 Å². The fraction of sp³-hybridized carbons (Fsp3) is 0.182. The number of thioether (sulfide) groups is 2. The van der Waals surface area contributed by atoms with E-state index in [2.05, 4.69) is 4.98 Å². The number of alkyl halides is 2. The van der Waals surface area contributed by atoms with Crippen LogP contribution in [0.3, 0.4) is 0 Å². The van der Waals surface area contributed by atoms with Gasteiger partial charge in [0, 0.05) is 0 Å². The van der Waals surface area contributed by atoms with Gasteiger partial charge in [0.15, 0.2) is 10.3 Å². The first-order valence-corrected chi connectivity index (χ1v) is 8.51. The van der Waals surface area contributed by atoms with E-state index >= 15 is 0 Å². The molecule has 1 heterocycles. The van der Waals surface area contributed by atoms with Gasteiger partial charge in [-0.25, -0.2) is 9.37 Å². The van der Waals surface area contributed by atoms with E-state index in [0.717, 1.165) is 12.1 Å². The van der Waals surface area contributed by atoms with Gasteiger partial charge in [-0.1, -0.05) is 34.8 Å². The predicted molar refractivity (Wildman–Crippen MR) is 82.2 cm³/mol.